The molecule has 1 aliphatic heterocycles. The van der Waals surface area contributed by atoms with Crippen LogP contribution in [0.2, 0.25) is 0 Å². The number of hydrogen-bond acceptors (Lipinski definition) is 2. The van der Waals surface area contributed by atoms with Crippen molar-refractivity contribution in [2.24, 2.45) is 0 Å². The van der Waals surface area contributed by atoms with Gasteiger partial charge in [0.25, 0.3) is 0 Å². The number of carbonyl (C=O) groups excluding carboxylic acids is 1. The van der Waals surface area contributed by atoms with E-state index in [1.54, 1.807) is 7.05 Å². The van der Waals surface area contributed by atoms with Crippen LogP contribution in [0.3, 0.4) is 0 Å². The third-order valence-electron chi connectivity index (χ3n) is 2.81. The number of hydrogen-bond donors (Lipinski definition) is 1. The highest BCUT2D eigenvalue weighted by Crippen LogP contribution is 2.28. The van der Waals surface area contributed by atoms with Gasteiger partial charge in [0.1, 0.15) is 11.5 Å². The molecule has 1 fully saturated rings. The highest BCUT2D eigenvalue weighted by molar-refractivity contribution is 5.99. The van der Waals surface area contributed by atoms with E-state index in [2.05, 4.69) is 5.32 Å². The molecule has 1 saturated heterocycles. The van der Waals surface area contributed by atoms with Crippen molar-refractivity contribution >= 4 is 11.6 Å². The molecule has 0 saturated carbocycles. The van der Waals surface area contributed by atoms with Gasteiger partial charge in [-0.25, -0.2) is 13.2 Å². The summed E-state index contributed by atoms with van der Waals surface area (Å²) in [5.41, 5.74) is -0.478. The van der Waals surface area contributed by atoms with Gasteiger partial charge in [0.05, 0.1) is 6.04 Å². The van der Waals surface area contributed by atoms with Crippen molar-refractivity contribution in [3.63, 3.8) is 0 Å². The maximum Gasteiger partial charge on any atom is 0.244 e. The van der Waals surface area contributed by atoms with Gasteiger partial charge in [-0.1, -0.05) is 0 Å². The summed E-state index contributed by atoms with van der Waals surface area (Å²) in [6.07, 6.45) is 0.464. The van der Waals surface area contributed by atoms with Crippen LogP contribution in [0.15, 0.2) is 12.1 Å². The van der Waals surface area contributed by atoms with Crippen LogP contribution in [0, 0.1) is 17.5 Å². The van der Waals surface area contributed by atoms with Crippen molar-refractivity contribution in [2.75, 3.05) is 18.5 Å². The molecule has 3 nitrogen and oxygen atoms in total. The van der Waals surface area contributed by atoms with Crippen LogP contribution < -0.4 is 10.2 Å². The van der Waals surface area contributed by atoms with E-state index in [-0.39, 0.29) is 6.54 Å². The van der Waals surface area contributed by atoms with E-state index >= 15 is 0 Å². The Hall–Kier alpha value is -1.56. The molecule has 1 atom stereocenters. The lowest BCUT2D eigenvalue weighted by Crippen LogP contribution is -2.37. The molecule has 0 aromatic heterocycles. The maximum atomic E-state index is 13.5. The molecule has 92 valence electrons. The number of benzene rings is 1. The lowest BCUT2D eigenvalue weighted by molar-refractivity contribution is -0.118. The Morgan fingerprint density at radius 1 is 1.29 bits per heavy atom. The van der Waals surface area contributed by atoms with Crippen molar-refractivity contribution in [1.29, 1.82) is 0 Å². The van der Waals surface area contributed by atoms with E-state index in [4.69, 9.17) is 0 Å². The van der Waals surface area contributed by atoms with E-state index in [1.165, 1.54) is 0 Å². The quantitative estimate of drug-likeness (QED) is 0.853. The smallest absolute Gasteiger partial charge is 0.244 e. The van der Waals surface area contributed by atoms with Gasteiger partial charge in [-0.2, -0.15) is 0 Å². The van der Waals surface area contributed by atoms with Gasteiger partial charge >= 0.3 is 0 Å². The lowest BCUT2D eigenvalue weighted by atomic mass is 10.2. The zero-order valence-electron chi connectivity index (χ0n) is 9.14. The zero-order valence-corrected chi connectivity index (χ0v) is 9.14. The Balaban J connectivity index is 2.39. The van der Waals surface area contributed by atoms with Crippen LogP contribution in [0.25, 0.3) is 0 Å². The first-order chi connectivity index (χ1) is 8.04. The number of rotatable bonds is 2. The van der Waals surface area contributed by atoms with Crippen molar-refractivity contribution in [3.05, 3.63) is 29.6 Å². The minimum atomic E-state index is -1.06. The Bertz CT molecular complexity index is 441. The molecule has 0 aliphatic carbocycles. The van der Waals surface area contributed by atoms with Crippen LogP contribution in [0.4, 0.5) is 18.9 Å². The van der Waals surface area contributed by atoms with Gasteiger partial charge in [-0.05, 0) is 13.5 Å². The molecule has 1 N–H and O–H groups in total. The maximum absolute atomic E-state index is 13.5. The third-order valence-corrected chi connectivity index (χ3v) is 2.81. The monoisotopic (exact) mass is 244 g/mol. The molecular weight excluding hydrogens is 233 g/mol. The number of nitrogens with zero attached hydrogens (tertiary/aromatic N) is 1. The van der Waals surface area contributed by atoms with Gasteiger partial charge in [-0.15, -0.1) is 0 Å². The van der Waals surface area contributed by atoms with Crippen molar-refractivity contribution in [1.82, 2.24) is 5.32 Å². The standard InChI is InChI=1S/C11H11F3N2O/c1-15-9-2-3-16(11(9)17)10-7(13)4-6(12)5-8(10)14/h4-5,9,15H,2-3H2,1H3. The van der Waals surface area contributed by atoms with E-state index in [0.717, 1.165) is 4.90 Å². The molecule has 1 unspecified atom stereocenters. The van der Waals surface area contributed by atoms with Gasteiger partial charge in [0, 0.05) is 18.7 Å². The Labute approximate surface area is 96.2 Å². The minimum Gasteiger partial charge on any atom is -0.309 e. The molecule has 1 aliphatic rings. The van der Waals surface area contributed by atoms with Crippen LogP contribution in [-0.4, -0.2) is 25.5 Å². The van der Waals surface area contributed by atoms with Crippen LogP contribution >= 0.6 is 0 Å². The zero-order chi connectivity index (χ0) is 12.6. The number of anilines is 1. The van der Waals surface area contributed by atoms with E-state index in [9.17, 15) is 18.0 Å². The first-order valence-corrected chi connectivity index (χ1v) is 5.17. The fourth-order valence-corrected chi connectivity index (χ4v) is 1.96. The number of amides is 1. The molecule has 0 bridgehead atoms. The first kappa shape index (κ1) is 11.9. The lowest BCUT2D eigenvalue weighted by Gasteiger charge is -2.18. The van der Waals surface area contributed by atoms with Crippen molar-refractivity contribution in [3.8, 4) is 0 Å². The SMILES string of the molecule is CNC1CCN(c2c(F)cc(F)cc2F)C1=O. The molecule has 1 heterocycles. The van der Waals surface area contributed by atoms with Gasteiger partial charge < -0.3 is 10.2 Å². The molecule has 1 amide bonds. The Morgan fingerprint density at radius 2 is 1.88 bits per heavy atom. The molecule has 6 heteroatoms. The van der Waals surface area contributed by atoms with Gasteiger partial charge in [0.2, 0.25) is 5.91 Å². The fraction of sp³-hybridized carbons (Fsp3) is 0.364. The summed E-state index contributed by atoms with van der Waals surface area (Å²) in [6.45, 7) is 0.212. The molecule has 2 rings (SSSR count). The minimum absolute atomic E-state index is 0.212. The Morgan fingerprint density at radius 3 is 2.35 bits per heavy atom. The van der Waals surface area contributed by atoms with E-state index in [1.807, 2.05) is 0 Å². The van der Waals surface area contributed by atoms with Crippen molar-refractivity contribution in [2.45, 2.75) is 12.5 Å². The summed E-state index contributed by atoms with van der Waals surface area (Å²) < 4.78 is 39.7. The highest BCUT2D eigenvalue weighted by atomic mass is 19.1. The van der Waals surface area contributed by atoms with Crippen LogP contribution in [-0.2, 0) is 4.79 Å². The summed E-state index contributed by atoms with van der Waals surface area (Å²) in [5, 5.41) is 2.75. The number of halogens is 3. The van der Waals surface area contributed by atoms with Crippen LogP contribution in [0.1, 0.15) is 6.42 Å². The van der Waals surface area contributed by atoms with Crippen molar-refractivity contribution < 1.29 is 18.0 Å². The second-order valence-electron chi connectivity index (χ2n) is 3.84. The first-order valence-electron chi connectivity index (χ1n) is 5.17. The summed E-state index contributed by atoms with van der Waals surface area (Å²) in [7, 11) is 1.60. The van der Waals surface area contributed by atoms with Crippen LogP contribution in [0.5, 0.6) is 0 Å². The second-order valence-corrected chi connectivity index (χ2v) is 3.84. The third kappa shape index (κ3) is 2.00. The van der Waals surface area contributed by atoms with Gasteiger partial charge in [-0.3, -0.25) is 4.79 Å². The molecular formula is C11H11F3N2O. The normalized spacial score (nSPS) is 20.1. The number of likely N-dealkylation sites (N-methyl/N-ethyl adjacent to an activating group) is 1. The predicted molar refractivity (Wildman–Crippen MR) is 56.1 cm³/mol. The molecule has 0 radical (unpaired) electrons. The van der Waals surface area contributed by atoms with E-state index < -0.39 is 35.1 Å². The average molecular weight is 244 g/mol. The summed E-state index contributed by atoms with van der Waals surface area (Å²) in [6, 6.07) is 0.690. The number of nitrogens with one attached hydrogen (secondary N) is 1. The highest BCUT2D eigenvalue weighted by Gasteiger charge is 2.34. The molecule has 0 spiro atoms. The predicted octanol–water partition coefficient (Wildman–Crippen LogP) is 1.43. The number of carbonyl (C=O) groups is 1. The fourth-order valence-electron chi connectivity index (χ4n) is 1.96. The molecule has 1 aromatic rings. The topological polar surface area (TPSA) is 32.3 Å². The average Bonchev–Trinajstić information content (AvgIpc) is 2.59. The van der Waals surface area contributed by atoms with Gasteiger partial charge in [0.15, 0.2) is 11.6 Å². The second kappa shape index (κ2) is 4.37. The summed E-state index contributed by atoms with van der Waals surface area (Å²) in [5.74, 6) is -3.53. The molecule has 1 aromatic carbocycles. The molecule has 17 heavy (non-hydrogen) atoms. The Kier molecular flexibility index (Phi) is 3.06. The summed E-state index contributed by atoms with van der Waals surface area (Å²) >= 11 is 0. The summed E-state index contributed by atoms with van der Waals surface area (Å²) in [4.78, 5) is 12.8. The van der Waals surface area contributed by atoms with E-state index in [0.29, 0.717) is 18.6 Å². The largest absolute Gasteiger partial charge is 0.309 e.